The minimum absolute atomic E-state index is 0.207. The Labute approximate surface area is 140 Å². The van der Waals surface area contributed by atoms with Crippen molar-refractivity contribution >= 4 is 23.4 Å². The van der Waals surface area contributed by atoms with Crippen molar-refractivity contribution in [1.29, 1.82) is 0 Å². The van der Waals surface area contributed by atoms with Crippen LogP contribution >= 0.6 is 0 Å². The molecule has 2 aliphatic rings. The number of amides is 3. The highest BCUT2D eigenvalue weighted by Crippen LogP contribution is 2.45. The van der Waals surface area contributed by atoms with Crippen molar-refractivity contribution in [2.75, 3.05) is 11.9 Å². The number of carbonyl (C=O) groups is 3. The number of nitrogens with one attached hydrogen (secondary N) is 1. The second-order valence-corrected chi connectivity index (χ2v) is 6.81. The third-order valence-corrected chi connectivity index (χ3v) is 5.06. The van der Waals surface area contributed by atoms with E-state index in [1.165, 1.54) is 6.07 Å². The minimum Gasteiger partial charge on any atom is -0.324 e. The number of aryl methyl sites for hydroxylation is 1. The predicted octanol–water partition coefficient (Wildman–Crippen LogP) is 2.78. The lowest BCUT2D eigenvalue weighted by Crippen LogP contribution is -2.41. The van der Waals surface area contributed by atoms with Gasteiger partial charge in [-0.2, -0.15) is 0 Å². The number of carbonyl (C=O) groups excluding carboxylic acids is 3. The molecular weight excluding hydrogens is 311 g/mol. The first-order chi connectivity index (χ1) is 11.4. The number of hydrogen-bond acceptors (Lipinski definition) is 3. The summed E-state index contributed by atoms with van der Waals surface area (Å²) in [5.41, 5.74) is 0.206. The van der Waals surface area contributed by atoms with Crippen molar-refractivity contribution in [1.82, 2.24) is 4.90 Å². The van der Waals surface area contributed by atoms with E-state index in [1.807, 2.05) is 0 Å². The molecule has 0 radical (unpaired) electrons. The number of halogens is 1. The summed E-state index contributed by atoms with van der Waals surface area (Å²) in [4.78, 5) is 38.1. The first-order valence-electron chi connectivity index (χ1n) is 8.32. The van der Waals surface area contributed by atoms with Gasteiger partial charge in [0.15, 0.2) is 0 Å². The molecule has 3 rings (SSSR count). The van der Waals surface area contributed by atoms with Gasteiger partial charge in [0, 0.05) is 12.1 Å². The highest BCUT2D eigenvalue weighted by Gasteiger charge is 2.51. The van der Waals surface area contributed by atoms with Crippen molar-refractivity contribution < 1.29 is 18.8 Å². The Morgan fingerprint density at radius 1 is 1.25 bits per heavy atom. The Morgan fingerprint density at radius 2 is 1.96 bits per heavy atom. The first kappa shape index (κ1) is 16.6. The number of imide groups is 1. The summed E-state index contributed by atoms with van der Waals surface area (Å²) in [5, 5.41) is 2.54. The van der Waals surface area contributed by atoms with Gasteiger partial charge in [-0.3, -0.25) is 19.3 Å². The van der Waals surface area contributed by atoms with Crippen molar-refractivity contribution in [3.05, 3.63) is 29.6 Å². The second kappa shape index (κ2) is 6.34. The zero-order valence-corrected chi connectivity index (χ0v) is 13.7. The molecule has 6 heteroatoms. The van der Waals surface area contributed by atoms with Crippen LogP contribution in [0.25, 0.3) is 0 Å². The monoisotopic (exact) mass is 332 g/mol. The number of anilines is 1. The number of benzene rings is 1. The molecule has 1 saturated heterocycles. The zero-order chi connectivity index (χ0) is 17.3. The molecule has 1 N–H and O–H groups in total. The van der Waals surface area contributed by atoms with Gasteiger partial charge in [0.1, 0.15) is 12.4 Å². The zero-order valence-electron chi connectivity index (χ0n) is 13.7. The molecule has 0 atom stereocenters. The lowest BCUT2D eigenvalue weighted by atomic mass is 9.73. The van der Waals surface area contributed by atoms with Gasteiger partial charge in [0.25, 0.3) is 0 Å². The molecular formula is C18H21FN2O3. The van der Waals surface area contributed by atoms with Crippen molar-refractivity contribution in [3.63, 3.8) is 0 Å². The average molecular weight is 332 g/mol. The summed E-state index contributed by atoms with van der Waals surface area (Å²) in [6, 6.07) is 4.38. The van der Waals surface area contributed by atoms with Gasteiger partial charge in [0.05, 0.1) is 5.41 Å². The molecule has 0 aromatic heterocycles. The predicted molar refractivity (Wildman–Crippen MR) is 86.6 cm³/mol. The normalized spacial score (nSPS) is 19.8. The molecule has 0 unspecified atom stereocenters. The van der Waals surface area contributed by atoms with Crippen LogP contribution in [0.1, 0.15) is 44.1 Å². The van der Waals surface area contributed by atoms with Crippen LogP contribution in [0.3, 0.4) is 0 Å². The summed E-state index contributed by atoms with van der Waals surface area (Å²) < 4.78 is 13.5. The molecule has 1 saturated carbocycles. The summed E-state index contributed by atoms with van der Waals surface area (Å²) >= 11 is 0. The van der Waals surface area contributed by atoms with E-state index in [9.17, 15) is 18.8 Å². The standard InChI is InChI=1S/C18H21FN2O3/c1-12-5-6-13(9-14(12)19)20-15(22)11-21-16(23)10-18(17(21)24)7-3-2-4-8-18/h5-6,9H,2-4,7-8,10-11H2,1H3,(H,20,22). The van der Waals surface area contributed by atoms with E-state index in [-0.39, 0.29) is 24.8 Å². The van der Waals surface area contributed by atoms with Gasteiger partial charge in [-0.25, -0.2) is 4.39 Å². The fourth-order valence-electron chi connectivity index (χ4n) is 3.65. The Balaban J connectivity index is 1.66. The number of rotatable bonds is 3. The molecule has 1 spiro atoms. The van der Waals surface area contributed by atoms with Gasteiger partial charge in [-0.05, 0) is 37.5 Å². The van der Waals surface area contributed by atoms with Crippen LogP contribution in [-0.4, -0.2) is 29.2 Å². The van der Waals surface area contributed by atoms with Crippen molar-refractivity contribution in [2.45, 2.75) is 45.4 Å². The fraction of sp³-hybridized carbons (Fsp3) is 0.500. The van der Waals surface area contributed by atoms with Crippen molar-refractivity contribution in [3.8, 4) is 0 Å². The SMILES string of the molecule is Cc1ccc(NC(=O)CN2C(=O)CC3(CCCCC3)C2=O)cc1F. The van der Waals surface area contributed by atoms with Crippen LogP contribution in [0.15, 0.2) is 18.2 Å². The molecule has 24 heavy (non-hydrogen) atoms. The topological polar surface area (TPSA) is 66.5 Å². The summed E-state index contributed by atoms with van der Waals surface area (Å²) in [7, 11) is 0. The Morgan fingerprint density at radius 3 is 2.62 bits per heavy atom. The maximum Gasteiger partial charge on any atom is 0.244 e. The van der Waals surface area contributed by atoms with E-state index in [4.69, 9.17) is 0 Å². The second-order valence-electron chi connectivity index (χ2n) is 6.81. The molecule has 1 aromatic carbocycles. The third-order valence-electron chi connectivity index (χ3n) is 5.06. The molecule has 1 aromatic rings. The van der Waals surface area contributed by atoms with Crippen LogP contribution in [0.2, 0.25) is 0 Å². The van der Waals surface area contributed by atoms with Gasteiger partial charge in [0.2, 0.25) is 17.7 Å². The minimum atomic E-state index is -0.592. The lowest BCUT2D eigenvalue weighted by Gasteiger charge is -2.30. The molecule has 3 amide bonds. The van der Waals surface area contributed by atoms with Gasteiger partial charge in [-0.1, -0.05) is 25.3 Å². The molecule has 1 aliphatic heterocycles. The molecule has 0 bridgehead atoms. The van der Waals surface area contributed by atoms with Crippen LogP contribution in [0, 0.1) is 18.2 Å². The summed E-state index contributed by atoms with van der Waals surface area (Å²) in [6.45, 7) is 1.32. The van der Waals surface area contributed by atoms with E-state index < -0.39 is 17.1 Å². The van der Waals surface area contributed by atoms with Gasteiger partial charge in [-0.15, -0.1) is 0 Å². The Hall–Kier alpha value is -2.24. The smallest absolute Gasteiger partial charge is 0.244 e. The van der Waals surface area contributed by atoms with Gasteiger partial charge < -0.3 is 5.32 Å². The Bertz CT molecular complexity index is 696. The van der Waals surface area contributed by atoms with E-state index in [1.54, 1.807) is 19.1 Å². The van der Waals surface area contributed by atoms with Crippen LogP contribution in [0.5, 0.6) is 0 Å². The number of likely N-dealkylation sites (tertiary alicyclic amines) is 1. The molecule has 1 heterocycles. The van der Waals surface area contributed by atoms with Crippen LogP contribution < -0.4 is 5.32 Å². The van der Waals surface area contributed by atoms with E-state index in [0.29, 0.717) is 11.3 Å². The Kier molecular flexibility index (Phi) is 4.39. The van der Waals surface area contributed by atoms with Crippen molar-refractivity contribution in [2.24, 2.45) is 5.41 Å². The van der Waals surface area contributed by atoms with E-state index in [0.717, 1.165) is 37.0 Å². The van der Waals surface area contributed by atoms with Crippen LogP contribution in [-0.2, 0) is 14.4 Å². The maximum absolute atomic E-state index is 13.5. The molecule has 1 aliphatic carbocycles. The highest BCUT2D eigenvalue weighted by atomic mass is 19.1. The third kappa shape index (κ3) is 3.05. The number of hydrogen-bond donors (Lipinski definition) is 1. The summed E-state index contributed by atoms with van der Waals surface area (Å²) in [6.07, 6.45) is 4.63. The number of nitrogens with zero attached hydrogens (tertiary/aromatic N) is 1. The molecule has 5 nitrogen and oxygen atoms in total. The largest absolute Gasteiger partial charge is 0.324 e. The van der Waals surface area contributed by atoms with E-state index >= 15 is 0 Å². The first-order valence-corrected chi connectivity index (χ1v) is 8.32. The maximum atomic E-state index is 13.5. The molecule has 2 fully saturated rings. The van der Waals surface area contributed by atoms with Gasteiger partial charge >= 0.3 is 0 Å². The van der Waals surface area contributed by atoms with E-state index in [2.05, 4.69) is 5.32 Å². The fourth-order valence-corrected chi connectivity index (χ4v) is 3.65. The molecule has 128 valence electrons. The highest BCUT2D eigenvalue weighted by molar-refractivity contribution is 6.09. The lowest BCUT2D eigenvalue weighted by molar-refractivity contribution is -0.144. The quantitative estimate of drug-likeness (QED) is 0.866. The van der Waals surface area contributed by atoms with Crippen LogP contribution in [0.4, 0.5) is 10.1 Å². The average Bonchev–Trinajstić information content (AvgIpc) is 2.76. The summed E-state index contributed by atoms with van der Waals surface area (Å²) in [5.74, 6) is -1.42.